The van der Waals surface area contributed by atoms with Gasteiger partial charge in [0.1, 0.15) is 0 Å². The van der Waals surface area contributed by atoms with Crippen molar-refractivity contribution in [2.45, 2.75) is 50.3 Å². The van der Waals surface area contributed by atoms with Crippen molar-refractivity contribution < 1.29 is 66.2 Å². The van der Waals surface area contributed by atoms with Gasteiger partial charge in [0.05, 0.1) is 0 Å². The summed E-state index contributed by atoms with van der Waals surface area (Å²) < 4.78 is 183. The Morgan fingerprint density at radius 2 is 0.815 bits per heavy atom. The van der Waals surface area contributed by atoms with Crippen molar-refractivity contribution >= 4 is 0 Å². The standard InChI is InChI=1S/C12H8F14O/c1-3(13)9(19,20)5(7(15)16)11(23,24)27-12(25,26)6(8(17)18)10(21,22)4(2)14/h3-4H,1-2H3. The van der Waals surface area contributed by atoms with Gasteiger partial charge in [0.2, 0.25) is 0 Å². The molecule has 0 spiro atoms. The predicted molar refractivity (Wildman–Crippen MR) is 60.5 cm³/mol. The minimum Gasteiger partial charge on any atom is -0.247 e. The molecule has 0 heterocycles. The van der Waals surface area contributed by atoms with Gasteiger partial charge in [0.25, 0.3) is 12.2 Å². The normalized spacial score (nSPS) is 16.0. The van der Waals surface area contributed by atoms with E-state index in [9.17, 15) is 61.5 Å². The van der Waals surface area contributed by atoms with Crippen LogP contribution >= 0.6 is 0 Å². The second kappa shape index (κ2) is 7.83. The molecular weight excluding hydrogens is 426 g/mol. The molecule has 0 aliphatic rings. The minimum atomic E-state index is -6.62. The van der Waals surface area contributed by atoms with Crippen LogP contribution in [0.25, 0.3) is 0 Å². The number of rotatable bonds is 8. The lowest BCUT2D eigenvalue weighted by atomic mass is 10.0. The van der Waals surface area contributed by atoms with Crippen LogP contribution in [0.15, 0.2) is 23.3 Å². The fourth-order valence-electron chi connectivity index (χ4n) is 1.52. The Labute approximate surface area is 141 Å². The summed E-state index contributed by atoms with van der Waals surface area (Å²) in [4.78, 5) is 0. The van der Waals surface area contributed by atoms with E-state index in [0.717, 1.165) is 0 Å². The number of hydrogen-bond acceptors (Lipinski definition) is 1. The third kappa shape index (κ3) is 5.25. The van der Waals surface area contributed by atoms with E-state index in [4.69, 9.17) is 0 Å². The maximum absolute atomic E-state index is 13.4. The summed E-state index contributed by atoms with van der Waals surface area (Å²) in [5.41, 5.74) is -8.03. The van der Waals surface area contributed by atoms with Crippen LogP contribution in [-0.4, -0.2) is 36.4 Å². The molecule has 0 aliphatic heterocycles. The molecule has 0 aromatic rings. The average Bonchev–Trinajstić information content (AvgIpc) is 2.32. The highest BCUT2D eigenvalue weighted by molar-refractivity contribution is 5.25. The number of hydrogen-bond donors (Lipinski definition) is 0. The van der Waals surface area contributed by atoms with Gasteiger partial charge in [-0.3, -0.25) is 0 Å². The molecule has 1 nitrogen and oxygen atoms in total. The highest BCUT2D eigenvalue weighted by Gasteiger charge is 2.65. The molecule has 27 heavy (non-hydrogen) atoms. The molecule has 0 amide bonds. The average molecular weight is 434 g/mol. The predicted octanol–water partition coefficient (Wildman–Crippen LogP) is 6.48. The monoisotopic (exact) mass is 434 g/mol. The van der Waals surface area contributed by atoms with Crippen LogP contribution in [0.3, 0.4) is 0 Å². The van der Waals surface area contributed by atoms with Crippen molar-refractivity contribution in [1.29, 1.82) is 0 Å². The van der Waals surface area contributed by atoms with E-state index in [1.165, 1.54) is 0 Å². The SMILES string of the molecule is CC(F)C(F)(F)C(=C(F)F)C(F)(F)OC(F)(F)C(=C(F)F)C(F)(F)C(C)F. The van der Waals surface area contributed by atoms with Gasteiger partial charge in [-0.05, 0) is 13.8 Å². The second-order valence-corrected chi connectivity index (χ2v) is 4.88. The Hall–Kier alpha value is -1.54. The number of ether oxygens (including phenoxy) is 1. The van der Waals surface area contributed by atoms with Crippen molar-refractivity contribution in [3.05, 3.63) is 23.3 Å². The molecule has 160 valence electrons. The van der Waals surface area contributed by atoms with Crippen molar-refractivity contribution in [2.24, 2.45) is 0 Å². The first-order valence-electron chi connectivity index (χ1n) is 6.34. The lowest BCUT2D eigenvalue weighted by Gasteiger charge is -2.32. The maximum Gasteiger partial charge on any atom is 0.395 e. The van der Waals surface area contributed by atoms with Crippen LogP contribution in [0.5, 0.6) is 0 Å². The van der Waals surface area contributed by atoms with Gasteiger partial charge in [-0.25, -0.2) is 13.5 Å². The van der Waals surface area contributed by atoms with Gasteiger partial charge in [-0.15, -0.1) is 0 Å². The van der Waals surface area contributed by atoms with E-state index in [1.807, 2.05) is 0 Å². The van der Waals surface area contributed by atoms with Gasteiger partial charge < -0.3 is 0 Å². The first-order chi connectivity index (χ1) is 11.7. The van der Waals surface area contributed by atoms with E-state index in [1.54, 1.807) is 0 Å². The Balaban J connectivity index is 6.37. The molecule has 0 radical (unpaired) electrons. The maximum atomic E-state index is 13.4. The highest BCUT2D eigenvalue weighted by Crippen LogP contribution is 2.50. The summed E-state index contributed by atoms with van der Waals surface area (Å²) >= 11 is 0. The van der Waals surface area contributed by atoms with Crippen molar-refractivity contribution in [3.63, 3.8) is 0 Å². The summed E-state index contributed by atoms with van der Waals surface area (Å²) in [5, 5.41) is 0. The summed E-state index contributed by atoms with van der Waals surface area (Å²) in [6.07, 6.45) is -29.2. The topological polar surface area (TPSA) is 9.23 Å². The summed E-state index contributed by atoms with van der Waals surface area (Å²) in [7, 11) is 0. The van der Waals surface area contributed by atoms with Crippen LogP contribution in [0.4, 0.5) is 61.5 Å². The van der Waals surface area contributed by atoms with Gasteiger partial charge >= 0.3 is 24.1 Å². The molecule has 2 atom stereocenters. The Bertz CT molecular complexity index is 543. The zero-order valence-electron chi connectivity index (χ0n) is 12.9. The van der Waals surface area contributed by atoms with Crippen LogP contribution in [-0.2, 0) is 4.74 Å². The van der Waals surface area contributed by atoms with Crippen LogP contribution in [0.2, 0.25) is 0 Å². The van der Waals surface area contributed by atoms with E-state index in [0.29, 0.717) is 0 Å². The molecule has 15 heteroatoms. The molecule has 0 bridgehead atoms. The summed E-state index contributed by atoms with van der Waals surface area (Å²) in [5.74, 6) is -11.7. The molecule has 0 fully saturated rings. The third-order valence-corrected chi connectivity index (χ3v) is 2.88. The lowest BCUT2D eigenvalue weighted by Crippen LogP contribution is -2.48. The molecule has 0 aromatic heterocycles. The molecule has 2 unspecified atom stereocenters. The van der Waals surface area contributed by atoms with Crippen LogP contribution < -0.4 is 0 Å². The molecule has 0 N–H and O–H groups in total. The second-order valence-electron chi connectivity index (χ2n) is 4.88. The van der Waals surface area contributed by atoms with E-state index in [2.05, 4.69) is 4.74 Å². The van der Waals surface area contributed by atoms with Crippen LogP contribution in [0.1, 0.15) is 13.8 Å². The zero-order valence-corrected chi connectivity index (χ0v) is 12.9. The number of alkyl halides is 10. The van der Waals surface area contributed by atoms with E-state index >= 15 is 0 Å². The summed E-state index contributed by atoms with van der Waals surface area (Å²) in [6.45, 7) is -0.495. The quantitative estimate of drug-likeness (QED) is 0.398. The van der Waals surface area contributed by atoms with E-state index < -0.39 is 59.7 Å². The molecule has 0 saturated carbocycles. The Morgan fingerprint density at radius 3 is 0.963 bits per heavy atom. The van der Waals surface area contributed by atoms with Gasteiger partial charge in [-0.1, -0.05) is 0 Å². The highest BCUT2D eigenvalue weighted by atomic mass is 19.3. The first kappa shape index (κ1) is 25.5. The van der Waals surface area contributed by atoms with Crippen molar-refractivity contribution in [3.8, 4) is 0 Å². The fraction of sp³-hybridized carbons (Fsp3) is 0.667. The van der Waals surface area contributed by atoms with E-state index in [-0.39, 0.29) is 13.8 Å². The molecule has 0 aromatic carbocycles. The van der Waals surface area contributed by atoms with Gasteiger partial charge in [-0.2, -0.15) is 52.7 Å². The fourth-order valence-corrected chi connectivity index (χ4v) is 1.52. The largest absolute Gasteiger partial charge is 0.395 e. The summed E-state index contributed by atoms with van der Waals surface area (Å²) in [6, 6.07) is 0. The Morgan fingerprint density at radius 1 is 0.593 bits per heavy atom. The Kier molecular flexibility index (Phi) is 7.38. The molecule has 0 aliphatic carbocycles. The molecule has 0 rings (SSSR count). The van der Waals surface area contributed by atoms with Crippen molar-refractivity contribution in [2.75, 3.05) is 0 Å². The zero-order chi connectivity index (χ0) is 22.2. The minimum absolute atomic E-state index is 0.247. The lowest BCUT2D eigenvalue weighted by molar-refractivity contribution is -0.359. The van der Waals surface area contributed by atoms with Gasteiger partial charge in [0, 0.05) is 0 Å². The third-order valence-electron chi connectivity index (χ3n) is 2.88. The van der Waals surface area contributed by atoms with Gasteiger partial charge in [0.15, 0.2) is 23.5 Å². The van der Waals surface area contributed by atoms with Crippen molar-refractivity contribution in [1.82, 2.24) is 0 Å². The first-order valence-corrected chi connectivity index (χ1v) is 6.34. The number of halogens is 14. The molecule has 0 saturated heterocycles. The van der Waals surface area contributed by atoms with Crippen LogP contribution in [0, 0.1) is 0 Å². The molecular formula is C12H8F14O. The smallest absolute Gasteiger partial charge is 0.247 e.